The summed E-state index contributed by atoms with van der Waals surface area (Å²) in [6.45, 7) is 2.60. The fraction of sp³-hybridized carbons (Fsp3) is 0.500. The van der Waals surface area contributed by atoms with Crippen LogP contribution in [0.5, 0.6) is 0 Å². The third-order valence-electron chi connectivity index (χ3n) is 2.51. The largest absolute Gasteiger partial charge is 0.310 e. The minimum atomic E-state index is -2.88. The van der Waals surface area contributed by atoms with Crippen molar-refractivity contribution in [3.8, 4) is 0 Å². The molecule has 0 unspecified atom stereocenters. The van der Waals surface area contributed by atoms with Gasteiger partial charge in [-0.05, 0) is 37.6 Å². The summed E-state index contributed by atoms with van der Waals surface area (Å²) in [6.07, 6.45) is 1.82. The Bertz CT molecular complexity index is 442. The highest BCUT2D eigenvalue weighted by molar-refractivity contribution is 7.90. The van der Waals surface area contributed by atoms with Crippen molar-refractivity contribution in [2.24, 2.45) is 0 Å². The van der Waals surface area contributed by atoms with Crippen molar-refractivity contribution >= 4 is 9.84 Å². The van der Waals surface area contributed by atoms with Crippen LogP contribution in [0.2, 0.25) is 0 Å². The van der Waals surface area contributed by atoms with E-state index < -0.39 is 9.84 Å². The van der Waals surface area contributed by atoms with E-state index >= 15 is 0 Å². The maximum absolute atomic E-state index is 12.7. The Hall–Kier alpha value is -0.940. The summed E-state index contributed by atoms with van der Waals surface area (Å²) < 4.78 is 34.5. The van der Waals surface area contributed by atoms with E-state index in [0.29, 0.717) is 13.0 Å². The lowest BCUT2D eigenvalue weighted by molar-refractivity contribution is 0.560. The van der Waals surface area contributed by atoms with Crippen LogP contribution in [0, 0.1) is 5.82 Å². The average Bonchev–Trinajstić information content (AvgIpc) is 2.24. The molecule has 1 atom stereocenters. The van der Waals surface area contributed by atoms with E-state index in [-0.39, 0.29) is 17.6 Å². The van der Waals surface area contributed by atoms with Gasteiger partial charge in [0.1, 0.15) is 15.7 Å². The molecule has 3 nitrogen and oxygen atoms in total. The summed E-state index contributed by atoms with van der Waals surface area (Å²) in [7, 11) is -2.88. The monoisotopic (exact) mass is 259 g/mol. The lowest BCUT2D eigenvalue weighted by atomic mass is 10.1. The summed E-state index contributed by atoms with van der Waals surface area (Å²) in [4.78, 5) is 0. The van der Waals surface area contributed by atoms with Gasteiger partial charge < -0.3 is 5.32 Å². The van der Waals surface area contributed by atoms with E-state index in [9.17, 15) is 12.8 Å². The molecule has 0 amide bonds. The molecule has 17 heavy (non-hydrogen) atoms. The molecule has 0 aliphatic heterocycles. The maximum Gasteiger partial charge on any atom is 0.147 e. The van der Waals surface area contributed by atoms with Crippen LogP contribution in [0.1, 0.15) is 24.9 Å². The van der Waals surface area contributed by atoms with E-state index in [1.165, 1.54) is 18.4 Å². The van der Waals surface area contributed by atoms with Crippen LogP contribution in [-0.2, 0) is 9.84 Å². The summed E-state index contributed by atoms with van der Waals surface area (Å²) in [5, 5.41) is 3.20. The fourth-order valence-electron chi connectivity index (χ4n) is 1.52. The van der Waals surface area contributed by atoms with E-state index in [4.69, 9.17) is 0 Å². The fourth-order valence-corrected chi connectivity index (χ4v) is 2.19. The van der Waals surface area contributed by atoms with Crippen molar-refractivity contribution in [3.63, 3.8) is 0 Å². The third-order valence-corrected chi connectivity index (χ3v) is 3.54. The highest BCUT2D eigenvalue weighted by atomic mass is 32.2. The number of nitrogens with one attached hydrogen (secondary N) is 1. The number of sulfone groups is 1. The first kappa shape index (κ1) is 14.1. The SMILES string of the molecule is C[C@H](NCCCS(C)(=O)=O)c1ccc(F)cc1. The zero-order valence-electron chi connectivity index (χ0n) is 10.1. The average molecular weight is 259 g/mol. The molecule has 5 heteroatoms. The second-order valence-electron chi connectivity index (χ2n) is 4.21. The van der Waals surface area contributed by atoms with Crippen molar-refractivity contribution in [1.82, 2.24) is 5.32 Å². The Balaban J connectivity index is 2.35. The third kappa shape index (κ3) is 5.79. The topological polar surface area (TPSA) is 46.2 Å². The Morgan fingerprint density at radius 2 is 1.88 bits per heavy atom. The standard InChI is InChI=1S/C12H18FNO2S/c1-10(11-4-6-12(13)7-5-11)14-8-3-9-17(2,15)16/h4-7,10,14H,3,8-9H2,1-2H3/t10-/m0/s1. The lowest BCUT2D eigenvalue weighted by Gasteiger charge is -2.13. The van der Waals surface area contributed by atoms with Crippen LogP contribution < -0.4 is 5.32 Å². The van der Waals surface area contributed by atoms with Crippen LogP contribution in [0.15, 0.2) is 24.3 Å². The predicted octanol–water partition coefficient (Wildman–Crippen LogP) is 1.91. The quantitative estimate of drug-likeness (QED) is 0.794. The Labute approximate surface area is 102 Å². The predicted molar refractivity (Wildman–Crippen MR) is 67.1 cm³/mol. The van der Waals surface area contributed by atoms with Gasteiger partial charge in [-0.2, -0.15) is 0 Å². The molecular weight excluding hydrogens is 241 g/mol. The number of rotatable bonds is 6. The summed E-state index contributed by atoms with van der Waals surface area (Å²) >= 11 is 0. The number of halogens is 1. The Morgan fingerprint density at radius 1 is 1.29 bits per heavy atom. The molecule has 0 spiro atoms. The zero-order valence-corrected chi connectivity index (χ0v) is 10.9. The highest BCUT2D eigenvalue weighted by Gasteiger charge is 2.06. The lowest BCUT2D eigenvalue weighted by Crippen LogP contribution is -2.21. The van der Waals surface area contributed by atoms with Crippen LogP contribution in [-0.4, -0.2) is 27.0 Å². The van der Waals surface area contributed by atoms with Crippen molar-refractivity contribution in [3.05, 3.63) is 35.6 Å². The first-order valence-corrected chi connectivity index (χ1v) is 7.61. The van der Waals surface area contributed by atoms with Crippen molar-refractivity contribution < 1.29 is 12.8 Å². The van der Waals surface area contributed by atoms with Gasteiger partial charge >= 0.3 is 0 Å². The van der Waals surface area contributed by atoms with Gasteiger partial charge in [-0.1, -0.05) is 12.1 Å². The van der Waals surface area contributed by atoms with Crippen LogP contribution >= 0.6 is 0 Å². The molecule has 96 valence electrons. The molecule has 0 heterocycles. The smallest absolute Gasteiger partial charge is 0.147 e. The summed E-state index contributed by atoms with van der Waals surface area (Å²) in [5.74, 6) is -0.0612. The number of hydrogen-bond donors (Lipinski definition) is 1. The van der Waals surface area contributed by atoms with Crippen LogP contribution in [0.3, 0.4) is 0 Å². The van der Waals surface area contributed by atoms with E-state index in [1.807, 2.05) is 6.92 Å². The Morgan fingerprint density at radius 3 is 2.41 bits per heavy atom. The van der Waals surface area contributed by atoms with Crippen molar-refractivity contribution in [2.45, 2.75) is 19.4 Å². The van der Waals surface area contributed by atoms with Gasteiger partial charge in [0.15, 0.2) is 0 Å². The summed E-state index contributed by atoms with van der Waals surface area (Å²) in [6, 6.07) is 6.39. The molecule has 0 fully saturated rings. The van der Waals surface area contributed by atoms with Crippen molar-refractivity contribution in [2.75, 3.05) is 18.6 Å². The van der Waals surface area contributed by atoms with Crippen LogP contribution in [0.4, 0.5) is 4.39 Å². The van der Waals surface area contributed by atoms with Gasteiger partial charge in [-0.25, -0.2) is 12.8 Å². The normalized spacial score (nSPS) is 13.6. The second kappa shape index (κ2) is 6.12. The number of benzene rings is 1. The van der Waals surface area contributed by atoms with Crippen molar-refractivity contribution in [1.29, 1.82) is 0 Å². The molecule has 1 N–H and O–H groups in total. The molecule has 0 aromatic heterocycles. The van der Waals surface area contributed by atoms with Gasteiger partial charge in [0.05, 0.1) is 5.75 Å². The first-order chi connectivity index (χ1) is 7.88. The number of hydrogen-bond acceptors (Lipinski definition) is 3. The molecule has 0 radical (unpaired) electrons. The molecule has 1 aromatic carbocycles. The van der Waals surface area contributed by atoms with Gasteiger partial charge in [0.2, 0.25) is 0 Å². The maximum atomic E-state index is 12.7. The highest BCUT2D eigenvalue weighted by Crippen LogP contribution is 2.12. The molecule has 0 saturated carbocycles. The zero-order chi connectivity index (χ0) is 12.9. The molecule has 0 bridgehead atoms. The van der Waals surface area contributed by atoms with Gasteiger partial charge in [-0.15, -0.1) is 0 Å². The summed E-state index contributed by atoms with van der Waals surface area (Å²) in [5.41, 5.74) is 0.991. The molecule has 1 aromatic rings. The van der Waals surface area contributed by atoms with Crippen LogP contribution in [0.25, 0.3) is 0 Å². The van der Waals surface area contributed by atoms with Gasteiger partial charge in [0, 0.05) is 12.3 Å². The second-order valence-corrected chi connectivity index (χ2v) is 6.47. The van der Waals surface area contributed by atoms with E-state index in [0.717, 1.165) is 5.56 Å². The van der Waals surface area contributed by atoms with Gasteiger partial charge in [0.25, 0.3) is 0 Å². The Kier molecular flexibility index (Phi) is 5.08. The molecule has 1 rings (SSSR count). The van der Waals surface area contributed by atoms with E-state index in [1.54, 1.807) is 12.1 Å². The minimum absolute atomic E-state index is 0.0927. The van der Waals surface area contributed by atoms with E-state index in [2.05, 4.69) is 5.32 Å². The minimum Gasteiger partial charge on any atom is -0.310 e. The molecule has 0 aliphatic rings. The molecule has 0 saturated heterocycles. The van der Waals surface area contributed by atoms with Gasteiger partial charge in [-0.3, -0.25) is 0 Å². The molecular formula is C12H18FNO2S. The first-order valence-electron chi connectivity index (χ1n) is 5.55. The molecule has 0 aliphatic carbocycles.